The van der Waals surface area contributed by atoms with Crippen molar-refractivity contribution in [3.05, 3.63) is 47.5 Å². The zero-order valence-electron chi connectivity index (χ0n) is 12.8. The number of carbonyl (C=O) groups excluding carboxylic acids is 1. The third-order valence-electron chi connectivity index (χ3n) is 4.00. The van der Waals surface area contributed by atoms with Gasteiger partial charge in [0.2, 0.25) is 0 Å². The van der Waals surface area contributed by atoms with Gasteiger partial charge in [0.05, 0.1) is 11.3 Å². The summed E-state index contributed by atoms with van der Waals surface area (Å²) in [5.41, 5.74) is 2.41. The van der Waals surface area contributed by atoms with Crippen molar-refractivity contribution in [1.29, 1.82) is 0 Å². The van der Waals surface area contributed by atoms with Gasteiger partial charge in [-0.3, -0.25) is 9.48 Å². The van der Waals surface area contributed by atoms with Crippen LogP contribution in [0.3, 0.4) is 0 Å². The van der Waals surface area contributed by atoms with E-state index >= 15 is 0 Å². The van der Waals surface area contributed by atoms with Crippen LogP contribution in [0.2, 0.25) is 0 Å². The van der Waals surface area contributed by atoms with Crippen molar-refractivity contribution >= 4 is 11.6 Å². The topological polar surface area (TPSA) is 41.4 Å². The van der Waals surface area contributed by atoms with E-state index < -0.39 is 0 Å². The summed E-state index contributed by atoms with van der Waals surface area (Å²) in [6.45, 7) is 4.66. The lowest BCUT2D eigenvalue weighted by molar-refractivity contribution is 0.0746. The molecular weight excluding hydrogens is 283 g/mol. The van der Waals surface area contributed by atoms with Gasteiger partial charge < -0.3 is 9.80 Å². The Hall–Kier alpha value is -2.37. The van der Waals surface area contributed by atoms with E-state index in [1.165, 1.54) is 12.1 Å². The number of aryl methyl sites for hydroxylation is 2. The van der Waals surface area contributed by atoms with Crippen LogP contribution in [0, 0.1) is 12.7 Å². The van der Waals surface area contributed by atoms with E-state index in [4.69, 9.17) is 0 Å². The van der Waals surface area contributed by atoms with Gasteiger partial charge in [-0.1, -0.05) is 0 Å². The molecule has 0 N–H and O–H groups in total. The van der Waals surface area contributed by atoms with Crippen molar-refractivity contribution in [2.24, 2.45) is 7.05 Å². The van der Waals surface area contributed by atoms with Crippen LogP contribution in [0.15, 0.2) is 30.5 Å². The second-order valence-electron chi connectivity index (χ2n) is 5.56. The van der Waals surface area contributed by atoms with E-state index in [0.717, 1.165) is 24.5 Å². The average molecular weight is 302 g/mol. The van der Waals surface area contributed by atoms with Gasteiger partial charge in [0, 0.05) is 45.1 Å². The second kappa shape index (κ2) is 5.79. The van der Waals surface area contributed by atoms with Gasteiger partial charge in [-0.25, -0.2) is 4.39 Å². The summed E-state index contributed by atoms with van der Waals surface area (Å²) in [5.74, 6) is -0.200. The highest BCUT2D eigenvalue weighted by atomic mass is 19.1. The summed E-state index contributed by atoms with van der Waals surface area (Å²) >= 11 is 0. The Balaban J connectivity index is 1.65. The van der Waals surface area contributed by atoms with Gasteiger partial charge >= 0.3 is 0 Å². The zero-order chi connectivity index (χ0) is 15.7. The first-order chi connectivity index (χ1) is 10.5. The molecule has 0 unspecified atom stereocenters. The Labute approximate surface area is 128 Å². The lowest BCUT2D eigenvalue weighted by Gasteiger charge is -2.36. The molecular formula is C16H19FN4O. The highest BCUT2D eigenvalue weighted by Crippen LogP contribution is 2.18. The van der Waals surface area contributed by atoms with Crippen LogP contribution in [0.1, 0.15) is 16.1 Å². The van der Waals surface area contributed by atoms with Crippen LogP contribution >= 0.6 is 0 Å². The molecule has 2 heterocycles. The minimum absolute atomic E-state index is 0.0318. The molecule has 1 saturated heterocycles. The van der Waals surface area contributed by atoms with Crippen LogP contribution in [0.4, 0.5) is 10.1 Å². The molecule has 116 valence electrons. The third-order valence-corrected chi connectivity index (χ3v) is 4.00. The molecule has 0 atom stereocenters. The van der Waals surface area contributed by atoms with Crippen LogP contribution in [-0.4, -0.2) is 46.8 Å². The second-order valence-corrected chi connectivity index (χ2v) is 5.56. The molecule has 3 rings (SSSR count). The molecule has 6 heteroatoms. The molecule has 1 aliphatic heterocycles. The smallest absolute Gasteiger partial charge is 0.257 e. The molecule has 0 saturated carbocycles. The first-order valence-electron chi connectivity index (χ1n) is 7.34. The molecule has 2 aromatic rings. The SMILES string of the molecule is Cc1nn(C)cc1C(=O)N1CCN(c2ccc(F)cc2)CC1. The summed E-state index contributed by atoms with van der Waals surface area (Å²) in [7, 11) is 1.82. The number of hydrogen-bond acceptors (Lipinski definition) is 3. The number of aromatic nitrogens is 2. The molecule has 1 amide bonds. The van der Waals surface area contributed by atoms with E-state index in [2.05, 4.69) is 10.00 Å². The van der Waals surface area contributed by atoms with Crippen molar-refractivity contribution in [3.8, 4) is 0 Å². The minimum atomic E-state index is -0.232. The summed E-state index contributed by atoms with van der Waals surface area (Å²) in [5, 5.41) is 4.22. The fraction of sp³-hybridized carbons (Fsp3) is 0.375. The van der Waals surface area contributed by atoms with E-state index in [1.807, 2.05) is 18.9 Å². The van der Waals surface area contributed by atoms with Crippen LogP contribution in [0.5, 0.6) is 0 Å². The molecule has 1 fully saturated rings. The van der Waals surface area contributed by atoms with Crippen LogP contribution < -0.4 is 4.90 Å². The summed E-state index contributed by atoms with van der Waals surface area (Å²) in [6, 6.07) is 6.48. The number of piperazine rings is 1. The van der Waals surface area contributed by atoms with Gasteiger partial charge in [-0.05, 0) is 31.2 Å². The Morgan fingerprint density at radius 3 is 2.32 bits per heavy atom. The van der Waals surface area contributed by atoms with Crippen molar-refractivity contribution in [1.82, 2.24) is 14.7 Å². The van der Waals surface area contributed by atoms with Gasteiger partial charge in [-0.15, -0.1) is 0 Å². The van der Waals surface area contributed by atoms with Crippen molar-refractivity contribution in [2.45, 2.75) is 6.92 Å². The largest absolute Gasteiger partial charge is 0.368 e. The Kier molecular flexibility index (Phi) is 3.83. The Morgan fingerprint density at radius 1 is 1.14 bits per heavy atom. The maximum absolute atomic E-state index is 13.0. The number of carbonyl (C=O) groups is 1. The molecule has 0 bridgehead atoms. The lowest BCUT2D eigenvalue weighted by atomic mass is 10.2. The first-order valence-corrected chi connectivity index (χ1v) is 7.34. The minimum Gasteiger partial charge on any atom is -0.368 e. The molecule has 1 aliphatic rings. The van der Waals surface area contributed by atoms with Gasteiger partial charge in [0.1, 0.15) is 5.82 Å². The predicted molar refractivity (Wildman–Crippen MR) is 82.5 cm³/mol. The molecule has 1 aromatic heterocycles. The number of benzene rings is 1. The maximum Gasteiger partial charge on any atom is 0.257 e. The molecule has 22 heavy (non-hydrogen) atoms. The van der Waals surface area contributed by atoms with Gasteiger partial charge in [0.15, 0.2) is 0 Å². The van der Waals surface area contributed by atoms with E-state index in [0.29, 0.717) is 18.7 Å². The first kappa shape index (κ1) is 14.6. The van der Waals surface area contributed by atoms with Gasteiger partial charge in [-0.2, -0.15) is 5.10 Å². The fourth-order valence-corrected chi connectivity index (χ4v) is 2.80. The maximum atomic E-state index is 13.0. The highest BCUT2D eigenvalue weighted by molar-refractivity contribution is 5.95. The predicted octanol–water partition coefficient (Wildman–Crippen LogP) is 1.83. The van der Waals surface area contributed by atoms with Crippen LogP contribution in [-0.2, 0) is 7.05 Å². The van der Waals surface area contributed by atoms with Crippen LogP contribution in [0.25, 0.3) is 0 Å². The fourth-order valence-electron chi connectivity index (χ4n) is 2.80. The average Bonchev–Trinajstić information content (AvgIpc) is 2.86. The number of nitrogens with zero attached hydrogens (tertiary/aromatic N) is 4. The molecule has 5 nitrogen and oxygen atoms in total. The van der Waals surface area contributed by atoms with Crippen molar-refractivity contribution < 1.29 is 9.18 Å². The molecule has 0 spiro atoms. The standard InChI is InChI=1S/C16H19FN4O/c1-12-15(11-19(2)18-12)16(22)21-9-7-20(8-10-21)14-5-3-13(17)4-6-14/h3-6,11H,7-10H2,1-2H3. The number of rotatable bonds is 2. The number of halogens is 1. The summed E-state index contributed by atoms with van der Waals surface area (Å²) < 4.78 is 14.6. The van der Waals surface area contributed by atoms with Crippen molar-refractivity contribution in [3.63, 3.8) is 0 Å². The number of anilines is 1. The van der Waals surface area contributed by atoms with E-state index in [1.54, 1.807) is 23.0 Å². The number of hydrogen-bond donors (Lipinski definition) is 0. The molecule has 0 radical (unpaired) electrons. The lowest BCUT2D eigenvalue weighted by Crippen LogP contribution is -2.48. The van der Waals surface area contributed by atoms with E-state index in [-0.39, 0.29) is 11.7 Å². The van der Waals surface area contributed by atoms with E-state index in [9.17, 15) is 9.18 Å². The van der Waals surface area contributed by atoms with Crippen molar-refractivity contribution in [2.75, 3.05) is 31.1 Å². The van der Waals surface area contributed by atoms with Gasteiger partial charge in [0.25, 0.3) is 5.91 Å². The third kappa shape index (κ3) is 2.81. The monoisotopic (exact) mass is 302 g/mol. The summed E-state index contributed by atoms with van der Waals surface area (Å²) in [4.78, 5) is 16.5. The Bertz CT molecular complexity index is 672. The normalized spacial score (nSPS) is 15.2. The zero-order valence-corrected chi connectivity index (χ0v) is 12.8. The quantitative estimate of drug-likeness (QED) is 0.850. The highest BCUT2D eigenvalue weighted by Gasteiger charge is 2.24. The molecule has 0 aliphatic carbocycles. The Morgan fingerprint density at radius 2 is 1.77 bits per heavy atom. The summed E-state index contributed by atoms with van der Waals surface area (Å²) in [6.07, 6.45) is 1.77. The molecule has 1 aromatic carbocycles. The number of amides is 1.